The van der Waals surface area contributed by atoms with Crippen LogP contribution >= 0.6 is 0 Å². The SMILES string of the molecule is O=C(NCCCOc1cccc2cccnc12)C1=NN(Cc2ccccc2)C(=O)CC1. The van der Waals surface area contributed by atoms with Crippen LogP contribution in [0.1, 0.15) is 24.8 Å². The van der Waals surface area contributed by atoms with E-state index in [0.717, 1.165) is 22.2 Å². The highest BCUT2D eigenvalue weighted by atomic mass is 16.5. The van der Waals surface area contributed by atoms with Crippen molar-refractivity contribution < 1.29 is 14.3 Å². The summed E-state index contributed by atoms with van der Waals surface area (Å²) >= 11 is 0. The zero-order valence-electron chi connectivity index (χ0n) is 17.2. The molecule has 7 heteroatoms. The summed E-state index contributed by atoms with van der Waals surface area (Å²) in [4.78, 5) is 29.0. The molecule has 3 aromatic rings. The predicted octanol–water partition coefficient (Wildman–Crippen LogP) is 3.30. The number of hydrogen-bond donors (Lipinski definition) is 1. The van der Waals surface area contributed by atoms with E-state index in [4.69, 9.17) is 4.74 Å². The van der Waals surface area contributed by atoms with Crippen molar-refractivity contribution in [3.05, 3.63) is 72.4 Å². The van der Waals surface area contributed by atoms with Crippen LogP contribution in [-0.2, 0) is 16.1 Å². The molecule has 0 unspecified atom stereocenters. The van der Waals surface area contributed by atoms with E-state index in [9.17, 15) is 9.59 Å². The first kappa shape index (κ1) is 20.5. The molecule has 0 aliphatic carbocycles. The Balaban J connectivity index is 1.26. The number of nitrogens with one attached hydrogen (secondary N) is 1. The summed E-state index contributed by atoms with van der Waals surface area (Å²) in [5.74, 6) is 0.422. The molecule has 31 heavy (non-hydrogen) atoms. The molecule has 0 saturated heterocycles. The number of pyridine rings is 1. The Morgan fingerprint density at radius 2 is 1.87 bits per heavy atom. The van der Waals surface area contributed by atoms with Gasteiger partial charge in [-0.25, -0.2) is 5.01 Å². The monoisotopic (exact) mass is 416 g/mol. The standard InChI is InChI=1S/C24H24N4O3/c29-22-13-12-20(27-28(22)17-18-7-2-1-3-8-18)24(30)26-15-6-16-31-21-11-4-9-19-10-5-14-25-23(19)21/h1-5,7-11,14H,6,12-13,15-17H2,(H,26,30). The molecule has 0 spiro atoms. The highest BCUT2D eigenvalue weighted by Gasteiger charge is 2.24. The van der Waals surface area contributed by atoms with Gasteiger partial charge in [0, 0.05) is 31.0 Å². The van der Waals surface area contributed by atoms with E-state index >= 15 is 0 Å². The van der Waals surface area contributed by atoms with Crippen LogP contribution in [0.3, 0.4) is 0 Å². The smallest absolute Gasteiger partial charge is 0.267 e. The van der Waals surface area contributed by atoms with Crippen LogP contribution in [0.15, 0.2) is 72.0 Å². The van der Waals surface area contributed by atoms with Crippen molar-refractivity contribution in [2.45, 2.75) is 25.8 Å². The summed E-state index contributed by atoms with van der Waals surface area (Å²) in [6, 6.07) is 19.3. The average molecular weight is 416 g/mol. The van der Waals surface area contributed by atoms with Crippen molar-refractivity contribution in [2.75, 3.05) is 13.2 Å². The van der Waals surface area contributed by atoms with E-state index in [0.29, 0.717) is 38.2 Å². The molecule has 1 aliphatic rings. The number of amides is 2. The molecule has 1 aromatic heterocycles. The minimum absolute atomic E-state index is 0.0718. The maximum absolute atomic E-state index is 12.5. The highest BCUT2D eigenvalue weighted by molar-refractivity contribution is 6.39. The highest BCUT2D eigenvalue weighted by Crippen LogP contribution is 2.22. The number of fused-ring (bicyclic) bond motifs is 1. The minimum atomic E-state index is -0.239. The molecule has 7 nitrogen and oxygen atoms in total. The second kappa shape index (κ2) is 9.84. The summed E-state index contributed by atoms with van der Waals surface area (Å²) in [6.45, 7) is 1.28. The Morgan fingerprint density at radius 1 is 1.03 bits per heavy atom. The van der Waals surface area contributed by atoms with Crippen LogP contribution in [-0.4, -0.2) is 40.7 Å². The van der Waals surface area contributed by atoms with Gasteiger partial charge in [-0.15, -0.1) is 0 Å². The third kappa shape index (κ3) is 5.25. The second-order valence-electron chi connectivity index (χ2n) is 7.27. The number of carbonyl (C=O) groups excluding carboxylic acids is 2. The van der Waals surface area contributed by atoms with Crippen molar-refractivity contribution in [1.29, 1.82) is 0 Å². The van der Waals surface area contributed by atoms with Crippen LogP contribution in [0.4, 0.5) is 0 Å². The summed E-state index contributed by atoms with van der Waals surface area (Å²) in [7, 11) is 0. The number of para-hydroxylation sites is 1. The molecule has 2 aromatic carbocycles. The number of rotatable bonds is 8. The third-order valence-corrected chi connectivity index (χ3v) is 5.00. The quantitative estimate of drug-likeness (QED) is 0.571. The van der Waals surface area contributed by atoms with Gasteiger partial charge in [-0.05, 0) is 24.1 Å². The molecule has 0 saturated carbocycles. The van der Waals surface area contributed by atoms with E-state index in [2.05, 4.69) is 15.4 Å². The van der Waals surface area contributed by atoms with E-state index in [1.807, 2.05) is 60.7 Å². The van der Waals surface area contributed by atoms with Crippen LogP contribution in [0.5, 0.6) is 5.75 Å². The van der Waals surface area contributed by atoms with Crippen LogP contribution in [0.25, 0.3) is 10.9 Å². The number of nitrogens with zero attached hydrogens (tertiary/aromatic N) is 3. The molecular weight excluding hydrogens is 392 g/mol. The molecule has 2 amide bonds. The Labute approximate surface area is 180 Å². The largest absolute Gasteiger partial charge is 0.491 e. The number of hydrazone groups is 1. The summed E-state index contributed by atoms with van der Waals surface area (Å²) in [5.41, 5.74) is 2.19. The van der Waals surface area contributed by atoms with E-state index in [-0.39, 0.29) is 18.2 Å². The zero-order valence-corrected chi connectivity index (χ0v) is 17.2. The molecule has 0 radical (unpaired) electrons. The summed E-state index contributed by atoms with van der Waals surface area (Å²) < 4.78 is 5.85. The lowest BCUT2D eigenvalue weighted by molar-refractivity contribution is -0.132. The average Bonchev–Trinajstić information content (AvgIpc) is 2.81. The van der Waals surface area contributed by atoms with Crippen molar-refractivity contribution in [3.63, 3.8) is 0 Å². The van der Waals surface area contributed by atoms with Crippen LogP contribution in [0, 0.1) is 0 Å². The molecule has 1 N–H and O–H groups in total. The lowest BCUT2D eigenvalue weighted by Gasteiger charge is -2.23. The number of ether oxygens (including phenoxy) is 1. The van der Waals surface area contributed by atoms with Crippen LogP contribution < -0.4 is 10.1 Å². The molecular formula is C24H24N4O3. The van der Waals surface area contributed by atoms with Gasteiger partial charge in [0.05, 0.1) is 13.2 Å². The Kier molecular flexibility index (Phi) is 6.52. The summed E-state index contributed by atoms with van der Waals surface area (Å²) in [6.07, 6.45) is 3.03. The Bertz CT molecular complexity index is 1090. The van der Waals surface area contributed by atoms with Crippen molar-refractivity contribution in [1.82, 2.24) is 15.3 Å². The minimum Gasteiger partial charge on any atom is -0.491 e. The molecule has 2 heterocycles. The molecule has 0 fully saturated rings. The normalized spacial score (nSPS) is 13.7. The first-order chi connectivity index (χ1) is 15.2. The molecule has 0 atom stereocenters. The maximum atomic E-state index is 12.5. The van der Waals surface area contributed by atoms with Gasteiger partial charge in [0.2, 0.25) is 5.91 Å². The predicted molar refractivity (Wildman–Crippen MR) is 119 cm³/mol. The van der Waals surface area contributed by atoms with Gasteiger partial charge >= 0.3 is 0 Å². The van der Waals surface area contributed by atoms with E-state index in [1.165, 1.54) is 5.01 Å². The van der Waals surface area contributed by atoms with Gasteiger partial charge in [-0.1, -0.05) is 48.5 Å². The van der Waals surface area contributed by atoms with Crippen molar-refractivity contribution >= 4 is 28.4 Å². The number of carbonyl (C=O) groups is 2. The van der Waals surface area contributed by atoms with Gasteiger partial charge in [-0.3, -0.25) is 14.6 Å². The van der Waals surface area contributed by atoms with Gasteiger partial charge in [0.15, 0.2) is 0 Å². The first-order valence-electron chi connectivity index (χ1n) is 10.4. The van der Waals surface area contributed by atoms with Crippen molar-refractivity contribution in [2.24, 2.45) is 5.10 Å². The van der Waals surface area contributed by atoms with Gasteiger partial charge in [0.25, 0.3) is 5.91 Å². The van der Waals surface area contributed by atoms with Crippen molar-refractivity contribution in [3.8, 4) is 5.75 Å². The number of hydrogen-bond acceptors (Lipinski definition) is 5. The van der Waals surface area contributed by atoms with Gasteiger partial charge < -0.3 is 10.1 Å². The number of benzene rings is 2. The zero-order chi connectivity index (χ0) is 21.5. The van der Waals surface area contributed by atoms with Gasteiger partial charge in [0.1, 0.15) is 17.0 Å². The lowest BCUT2D eigenvalue weighted by atomic mass is 10.1. The molecule has 158 valence electrons. The fourth-order valence-electron chi connectivity index (χ4n) is 3.40. The summed E-state index contributed by atoms with van der Waals surface area (Å²) in [5, 5.41) is 9.56. The third-order valence-electron chi connectivity index (χ3n) is 5.00. The lowest BCUT2D eigenvalue weighted by Crippen LogP contribution is -2.39. The number of aromatic nitrogens is 1. The van der Waals surface area contributed by atoms with E-state index in [1.54, 1.807) is 6.20 Å². The fourth-order valence-corrected chi connectivity index (χ4v) is 3.40. The van der Waals surface area contributed by atoms with Gasteiger partial charge in [-0.2, -0.15) is 5.10 Å². The molecule has 1 aliphatic heterocycles. The van der Waals surface area contributed by atoms with Crippen LogP contribution in [0.2, 0.25) is 0 Å². The van der Waals surface area contributed by atoms with E-state index < -0.39 is 0 Å². The maximum Gasteiger partial charge on any atom is 0.267 e. The topological polar surface area (TPSA) is 83.9 Å². The molecule has 0 bridgehead atoms. The first-order valence-corrected chi connectivity index (χ1v) is 10.4. The second-order valence-corrected chi connectivity index (χ2v) is 7.27. The fraction of sp³-hybridized carbons (Fsp3) is 0.250. The Hall–Kier alpha value is -3.74. The Morgan fingerprint density at radius 3 is 2.74 bits per heavy atom. The molecule has 4 rings (SSSR count).